The molecule has 1 aliphatic carbocycles. The van der Waals surface area contributed by atoms with Crippen LogP contribution in [0.1, 0.15) is 40.6 Å². The van der Waals surface area contributed by atoms with E-state index in [1.54, 1.807) is 6.92 Å². The van der Waals surface area contributed by atoms with Crippen LogP contribution in [0.25, 0.3) is 0 Å². The van der Waals surface area contributed by atoms with Gasteiger partial charge in [-0.15, -0.1) is 11.3 Å². The summed E-state index contributed by atoms with van der Waals surface area (Å²) in [6.45, 7) is 4.29. The summed E-state index contributed by atoms with van der Waals surface area (Å²) in [5.41, 5.74) is 5.16. The zero-order valence-corrected chi connectivity index (χ0v) is 14.5. The molecule has 2 rings (SSSR count). The molecule has 3 amide bonds. The van der Waals surface area contributed by atoms with Crippen molar-refractivity contribution in [2.24, 2.45) is 5.92 Å². The molecule has 8 nitrogen and oxygen atoms in total. The lowest BCUT2D eigenvalue weighted by Gasteiger charge is -2.08. The van der Waals surface area contributed by atoms with Crippen LogP contribution in [0.3, 0.4) is 0 Å². The number of ether oxygens (including phenoxy) is 1. The molecule has 1 fully saturated rings. The highest BCUT2D eigenvalue weighted by atomic mass is 32.1. The highest BCUT2D eigenvalue weighted by Crippen LogP contribution is 2.36. The Labute approximate surface area is 142 Å². The van der Waals surface area contributed by atoms with Crippen LogP contribution in [0.5, 0.6) is 0 Å². The van der Waals surface area contributed by atoms with Gasteiger partial charge in [-0.2, -0.15) is 0 Å². The fraction of sp³-hybridized carbons (Fsp3) is 0.467. The molecule has 0 spiro atoms. The normalized spacial score (nSPS) is 13.1. The summed E-state index contributed by atoms with van der Waals surface area (Å²) in [7, 11) is 0. The zero-order chi connectivity index (χ0) is 17.9. The first-order chi connectivity index (χ1) is 11.3. The van der Waals surface area contributed by atoms with Gasteiger partial charge in [0.05, 0.1) is 5.56 Å². The lowest BCUT2D eigenvalue weighted by atomic mass is 10.1. The summed E-state index contributed by atoms with van der Waals surface area (Å²) in [6, 6.07) is 0. The van der Waals surface area contributed by atoms with E-state index in [0.717, 1.165) is 17.7 Å². The van der Waals surface area contributed by atoms with Crippen LogP contribution in [0.15, 0.2) is 0 Å². The van der Waals surface area contributed by atoms with E-state index < -0.39 is 24.4 Å². The average Bonchev–Trinajstić information content (AvgIpc) is 3.31. The number of hydrogen-bond donors (Lipinski definition) is 3. The summed E-state index contributed by atoms with van der Waals surface area (Å²) in [4.78, 5) is 47.2. The van der Waals surface area contributed by atoms with Crippen LogP contribution in [0.2, 0.25) is 0 Å². The topological polar surface area (TPSA) is 114 Å². The Kier molecular flexibility index (Phi) is 5.55. The van der Waals surface area contributed by atoms with Gasteiger partial charge in [-0.25, -0.2) is 4.79 Å². The molecule has 3 N–H and O–H groups in total. The van der Waals surface area contributed by atoms with E-state index in [-0.39, 0.29) is 17.4 Å². The number of nitrogens with one attached hydrogen (secondary N) is 3. The summed E-state index contributed by atoms with van der Waals surface area (Å²) >= 11 is 1.30. The molecular weight excluding hydrogens is 334 g/mol. The SMILES string of the molecule is CC(=O)NNC(=O)COC(=O)c1c(NC(=O)C2CC2)sc(C)c1C. The van der Waals surface area contributed by atoms with Crippen LogP contribution >= 0.6 is 11.3 Å². The average molecular weight is 353 g/mol. The molecule has 1 heterocycles. The van der Waals surface area contributed by atoms with E-state index in [9.17, 15) is 19.2 Å². The molecule has 0 unspecified atom stereocenters. The minimum Gasteiger partial charge on any atom is -0.452 e. The van der Waals surface area contributed by atoms with E-state index in [1.807, 2.05) is 6.92 Å². The van der Waals surface area contributed by atoms with Gasteiger partial charge in [0.1, 0.15) is 5.00 Å². The second kappa shape index (κ2) is 7.43. The molecule has 130 valence electrons. The number of rotatable bonds is 5. The maximum Gasteiger partial charge on any atom is 0.341 e. The molecular formula is C15H19N3O5S. The number of esters is 1. The Morgan fingerprint density at radius 1 is 1.17 bits per heavy atom. The molecule has 1 aliphatic rings. The third-order valence-corrected chi connectivity index (χ3v) is 4.61. The van der Waals surface area contributed by atoms with Crippen LogP contribution < -0.4 is 16.2 Å². The van der Waals surface area contributed by atoms with E-state index in [0.29, 0.717) is 10.6 Å². The number of carbonyl (C=O) groups is 4. The quantitative estimate of drug-likeness (QED) is 0.541. The highest BCUT2D eigenvalue weighted by Gasteiger charge is 2.31. The van der Waals surface area contributed by atoms with Crippen LogP contribution in [-0.2, 0) is 19.1 Å². The number of hydrazine groups is 1. The second-order valence-electron chi connectivity index (χ2n) is 5.56. The minimum atomic E-state index is -0.694. The number of anilines is 1. The third kappa shape index (κ3) is 4.54. The highest BCUT2D eigenvalue weighted by molar-refractivity contribution is 7.16. The van der Waals surface area contributed by atoms with Crippen molar-refractivity contribution in [3.8, 4) is 0 Å². The summed E-state index contributed by atoms with van der Waals surface area (Å²) in [5.74, 6) is -1.88. The molecule has 1 aromatic heterocycles. The van der Waals surface area contributed by atoms with Gasteiger partial charge in [-0.05, 0) is 32.3 Å². The molecule has 0 bridgehead atoms. The van der Waals surface area contributed by atoms with E-state index in [4.69, 9.17) is 4.74 Å². The lowest BCUT2D eigenvalue weighted by Crippen LogP contribution is -2.42. The predicted octanol–water partition coefficient (Wildman–Crippen LogP) is 1.04. The molecule has 0 atom stereocenters. The summed E-state index contributed by atoms with van der Waals surface area (Å²) in [6.07, 6.45) is 1.72. The Bertz CT molecular complexity index is 694. The van der Waals surface area contributed by atoms with Gasteiger partial charge in [-0.1, -0.05) is 0 Å². The van der Waals surface area contributed by atoms with Crippen LogP contribution in [0.4, 0.5) is 5.00 Å². The number of aryl methyl sites for hydroxylation is 1. The van der Waals surface area contributed by atoms with E-state index in [1.165, 1.54) is 18.3 Å². The molecule has 24 heavy (non-hydrogen) atoms. The Morgan fingerprint density at radius 2 is 1.83 bits per heavy atom. The van der Waals surface area contributed by atoms with Gasteiger partial charge in [0.25, 0.3) is 5.91 Å². The minimum absolute atomic E-state index is 0.0139. The summed E-state index contributed by atoms with van der Waals surface area (Å²) in [5, 5.41) is 3.20. The standard InChI is InChI=1S/C15H19N3O5S/c1-7-8(2)24-14(16-13(21)10-4-5-10)12(7)15(22)23-6-11(20)18-17-9(3)19/h10H,4-6H2,1-3H3,(H,16,21)(H,17,19)(H,18,20). The third-order valence-electron chi connectivity index (χ3n) is 3.49. The monoisotopic (exact) mass is 353 g/mol. The Balaban J connectivity index is 2.01. The Morgan fingerprint density at radius 3 is 2.42 bits per heavy atom. The van der Waals surface area contributed by atoms with Gasteiger partial charge in [0, 0.05) is 17.7 Å². The molecule has 1 saturated carbocycles. The number of carbonyl (C=O) groups excluding carboxylic acids is 4. The first-order valence-electron chi connectivity index (χ1n) is 7.43. The number of amides is 3. The van der Waals surface area contributed by atoms with Crippen LogP contribution in [-0.4, -0.2) is 30.3 Å². The maximum absolute atomic E-state index is 12.3. The predicted molar refractivity (Wildman–Crippen MR) is 87.4 cm³/mol. The molecule has 0 aromatic carbocycles. The first-order valence-corrected chi connectivity index (χ1v) is 8.24. The van der Waals surface area contributed by atoms with Gasteiger partial charge >= 0.3 is 5.97 Å². The molecule has 1 aromatic rings. The van der Waals surface area contributed by atoms with Crippen molar-refractivity contribution < 1.29 is 23.9 Å². The summed E-state index contributed by atoms with van der Waals surface area (Å²) < 4.78 is 4.97. The first kappa shape index (κ1) is 17.9. The molecule has 0 aliphatic heterocycles. The number of thiophene rings is 1. The molecule has 0 radical (unpaired) electrons. The van der Waals surface area contributed by atoms with Gasteiger partial charge in [0.2, 0.25) is 11.8 Å². The second-order valence-corrected chi connectivity index (χ2v) is 6.78. The van der Waals surface area contributed by atoms with Crippen molar-refractivity contribution in [1.29, 1.82) is 0 Å². The Hall–Kier alpha value is -2.42. The fourth-order valence-electron chi connectivity index (χ4n) is 1.92. The van der Waals surface area contributed by atoms with Crippen LogP contribution in [0, 0.1) is 19.8 Å². The van der Waals surface area contributed by atoms with Gasteiger partial charge in [0.15, 0.2) is 6.61 Å². The smallest absolute Gasteiger partial charge is 0.341 e. The van der Waals surface area contributed by atoms with Crippen molar-refractivity contribution in [1.82, 2.24) is 10.9 Å². The molecule has 0 saturated heterocycles. The number of hydrogen-bond acceptors (Lipinski definition) is 6. The van der Waals surface area contributed by atoms with E-state index in [2.05, 4.69) is 16.2 Å². The zero-order valence-electron chi connectivity index (χ0n) is 13.6. The van der Waals surface area contributed by atoms with Crippen molar-refractivity contribution in [2.75, 3.05) is 11.9 Å². The molecule has 9 heteroatoms. The van der Waals surface area contributed by atoms with Gasteiger partial charge in [-0.3, -0.25) is 25.2 Å². The van der Waals surface area contributed by atoms with Crippen molar-refractivity contribution in [3.05, 3.63) is 16.0 Å². The van der Waals surface area contributed by atoms with Gasteiger partial charge < -0.3 is 10.1 Å². The largest absolute Gasteiger partial charge is 0.452 e. The maximum atomic E-state index is 12.3. The van der Waals surface area contributed by atoms with E-state index >= 15 is 0 Å². The fourth-order valence-corrected chi connectivity index (χ4v) is 2.97. The van der Waals surface area contributed by atoms with Crippen molar-refractivity contribution in [3.63, 3.8) is 0 Å². The lowest BCUT2D eigenvalue weighted by molar-refractivity contribution is -0.129. The van der Waals surface area contributed by atoms with Crippen molar-refractivity contribution in [2.45, 2.75) is 33.6 Å². The van der Waals surface area contributed by atoms with Crippen molar-refractivity contribution >= 4 is 40.0 Å².